The molecular formula is C22H24BrFN4O3S. The van der Waals surface area contributed by atoms with Crippen LogP contribution in [0.3, 0.4) is 0 Å². The Bertz CT molecular complexity index is 1160. The molecule has 1 amide bonds. The number of fused-ring (bicyclic) bond motifs is 2. The number of amides is 1. The lowest BCUT2D eigenvalue weighted by molar-refractivity contribution is 0.104. The van der Waals surface area contributed by atoms with Gasteiger partial charge in [0.25, 0.3) is 0 Å². The number of aromatic nitrogens is 1. The van der Waals surface area contributed by atoms with E-state index in [9.17, 15) is 14.7 Å². The van der Waals surface area contributed by atoms with Crippen molar-refractivity contribution < 1.29 is 19.1 Å². The smallest absolute Gasteiger partial charge is 0.407 e. The number of thioether (sulfide) groups is 1. The maximum Gasteiger partial charge on any atom is 0.407 e. The van der Waals surface area contributed by atoms with Crippen LogP contribution in [0.2, 0.25) is 0 Å². The summed E-state index contributed by atoms with van der Waals surface area (Å²) < 4.78 is 15.5. The number of allylic oxidation sites excluding steroid dienone is 1. The molecule has 2 bridgehead atoms. The molecule has 7 nitrogen and oxygen atoms in total. The molecule has 2 saturated heterocycles. The molecule has 170 valence electrons. The summed E-state index contributed by atoms with van der Waals surface area (Å²) in [7, 11) is 3.64. The van der Waals surface area contributed by atoms with Gasteiger partial charge in [-0.25, -0.2) is 14.2 Å². The van der Waals surface area contributed by atoms with Crippen molar-refractivity contribution in [2.24, 2.45) is 5.92 Å². The first-order valence-corrected chi connectivity index (χ1v) is 12.2. The quantitative estimate of drug-likeness (QED) is 0.326. The summed E-state index contributed by atoms with van der Waals surface area (Å²) in [5.74, 6) is -0.577. The van der Waals surface area contributed by atoms with Crippen LogP contribution < -0.4 is 5.32 Å². The molecule has 1 aromatic heterocycles. The van der Waals surface area contributed by atoms with E-state index in [2.05, 4.69) is 26.2 Å². The highest BCUT2D eigenvalue weighted by molar-refractivity contribution is 9.10. The van der Waals surface area contributed by atoms with Crippen LogP contribution in [0.4, 0.5) is 14.9 Å². The summed E-state index contributed by atoms with van der Waals surface area (Å²) in [4.78, 5) is 32.5. The van der Waals surface area contributed by atoms with E-state index in [-0.39, 0.29) is 29.3 Å². The third-order valence-electron chi connectivity index (χ3n) is 6.13. The summed E-state index contributed by atoms with van der Waals surface area (Å²) in [5.41, 5.74) is 1.73. The minimum Gasteiger partial charge on any atom is -0.465 e. The SMILES string of the molecule is CSc1nc2c(F)c(Br)c(C)cc2c(N[C@H]2[C@@H]3C[C@H]2N(C(=O)O)C3)c1C(=O)/C=C/N(C)C. The van der Waals surface area contributed by atoms with E-state index < -0.39 is 11.9 Å². The van der Waals surface area contributed by atoms with Crippen LogP contribution >= 0.6 is 27.7 Å². The Labute approximate surface area is 198 Å². The second kappa shape index (κ2) is 8.55. The van der Waals surface area contributed by atoms with Gasteiger partial charge in [0, 0.05) is 44.2 Å². The van der Waals surface area contributed by atoms with E-state index in [0.717, 1.165) is 6.42 Å². The van der Waals surface area contributed by atoms with Crippen LogP contribution in [0.1, 0.15) is 22.3 Å². The summed E-state index contributed by atoms with van der Waals surface area (Å²) in [6, 6.07) is 1.51. The zero-order valence-electron chi connectivity index (χ0n) is 18.1. The predicted octanol–water partition coefficient (Wildman–Crippen LogP) is 4.59. The van der Waals surface area contributed by atoms with Gasteiger partial charge in [0.05, 0.1) is 27.8 Å². The zero-order valence-corrected chi connectivity index (χ0v) is 20.6. The van der Waals surface area contributed by atoms with E-state index >= 15 is 4.39 Å². The van der Waals surface area contributed by atoms with E-state index in [4.69, 9.17) is 0 Å². The minimum absolute atomic E-state index is 0.136. The molecule has 3 fully saturated rings. The average molecular weight is 523 g/mol. The normalized spacial score (nSPS) is 21.8. The van der Waals surface area contributed by atoms with Crippen LogP contribution in [0, 0.1) is 18.7 Å². The molecule has 0 unspecified atom stereocenters. The van der Waals surface area contributed by atoms with Gasteiger partial charge in [0.15, 0.2) is 11.6 Å². The Kier molecular flexibility index (Phi) is 6.10. The lowest BCUT2D eigenvalue weighted by atomic mass is 9.79. The molecule has 2 aromatic rings. The Hall–Kier alpha value is -2.33. The Morgan fingerprint density at radius 2 is 2.16 bits per heavy atom. The number of rotatable bonds is 6. The number of anilines is 1. The topological polar surface area (TPSA) is 85.8 Å². The maximum absolute atomic E-state index is 15.2. The Balaban J connectivity index is 1.90. The molecule has 10 heteroatoms. The van der Waals surface area contributed by atoms with E-state index in [0.29, 0.717) is 38.2 Å². The van der Waals surface area contributed by atoms with Gasteiger partial charge in [-0.1, -0.05) is 0 Å². The first-order chi connectivity index (χ1) is 15.1. The monoisotopic (exact) mass is 522 g/mol. The van der Waals surface area contributed by atoms with Crippen molar-refractivity contribution >= 4 is 56.2 Å². The standard InChI is InChI=1S/C22H24BrFN4O3S/c1-10-7-12-19(25-18-11-8-13(18)28(9-11)22(30)31)15(14(29)5-6-27(2)3)21(32-4)26-20(12)17(24)16(10)23/h5-7,11,13,18H,8-9H2,1-4H3,(H,25,26)(H,30,31)/b6-5+/t11-,13-,18+/m1/s1. The lowest BCUT2D eigenvalue weighted by Crippen LogP contribution is -2.49. The molecule has 5 rings (SSSR count). The van der Waals surface area contributed by atoms with E-state index in [1.165, 1.54) is 22.7 Å². The molecule has 0 radical (unpaired) electrons. The van der Waals surface area contributed by atoms with Gasteiger partial charge >= 0.3 is 6.09 Å². The number of benzene rings is 1. The van der Waals surface area contributed by atoms with Crippen LogP contribution in [-0.4, -0.2) is 70.7 Å². The maximum atomic E-state index is 15.2. The molecule has 2 aliphatic heterocycles. The number of carboxylic acid groups (broad SMARTS) is 1. The molecule has 1 aliphatic carbocycles. The molecule has 2 N–H and O–H groups in total. The molecule has 3 heterocycles. The van der Waals surface area contributed by atoms with Crippen LogP contribution in [-0.2, 0) is 0 Å². The van der Waals surface area contributed by atoms with Crippen molar-refractivity contribution in [3.05, 3.63) is 39.8 Å². The van der Waals surface area contributed by atoms with Gasteiger partial charge in [-0.15, -0.1) is 11.8 Å². The highest BCUT2D eigenvalue weighted by Crippen LogP contribution is 2.45. The molecule has 1 aromatic carbocycles. The van der Waals surface area contributed by atoms with Crippen LogP contribution in [0.25, 0.3) is 10.9 Å². The number of halogens is 2. The highest BCUT2D eigenvalue weighted by atomic mass is 79.9. The molecular weight excluding hydrogens is 499 g/mol. The zero-order chi connectivity index (χ0) is 23.3. The van der Waals surface area contributed by atoms with Gasteiger partial charge in [0.1, 0.15) is 10.5 Å². The van der Waals surface area contributed by atoms with Crippen molar-refractivity contribution in [1.29, 1.82) is 0 Å². The summed E-state index contributed by atoms with van der Waals surface area (Å²) in [6.07, 6.45) is 4.76. The minimum atomic E-state index is -0.942. The van der Waals surface area contributed by atoms with Crippen LogP contribution in [0.15, 0.2) is 27.8 Å². The Morgan fingerprint density at radius 3 is 2.75 bits per heavy atom. The first kappa shape index (κ1) is 22.8. The Morgan fingerprint density at radius 1 is 1.44 bits per heavy atom. The fourth-order valence-corrected chi connectivity index (χ4v) is 5.38. The first-order valence-electron chi connectivity index (χ1n) is 10.1. The molecule has 3 aliphatic rings. The van der Waals surface area contributed by atoms with Gasteiger partial charge in [-0.05, 0) is 47.2 Å². The fourth-order valence-electron chi connectivity index (χ4n) is 4.49. The van der Waals surface area contributed by atoms with Crippen LogP contribution in [0.5, 0.6) is 0 Å². The average Bonchev–Trinajstić information content (AvgIpc) is 3.34. The number of carbonyl (C=O) groups excluding carboxylic acids is 1. The number of ketones is 1. The largest absolute Gasteiger partial charge is 0.465 e. The molecule has 1 saturated carbocycles. The highest BCUT2D eigenvalue weighted by Gasteiger charge is 2.54. The van der Waals surface area contributed by atoms with Gasteiger partial charge in [-0.3, -0.25) is 4.79 Å². The molecule has 32 heavy (non-hydrogen) atoms. The second-order valence-electron chi connectivity index (χ2n) is 8.40. The number of pyridine rings is 1. The van der Waals surface area contributed by atoms with Crippen molar-refractivity contribution in [3.63, 3.8) is 0 Å². The number of hydrogen-bond acceptors (Lipinski definition) is 6. The second-order valence-corrected chi connectivity index (χ2v) is 9.99. The van der Waals surface area contributed by atoms with Crippen molar-refractivity contribution in [3.8, 4) is 0 Å². The summed E-state index contributed by atoms with van der Waals surface area (Å²) in [6.45, 7) is 2.24. The predicted molar refractivity (Wildman–Crippen MR) is 127 cm³/mol. The van der Waals surface area contributed by atoms with Crippen molar-refractivity contribution in [1.82, 2.24) is 14.8 Å². The van der Waals surface area contributed by atoms with Crippen molar-refractivity contribution in [2.75, 3.05) is 32.2 Å². The number of carbonyl (C=O) groups is 2. The van der Waals surface area contributed by atoms with Gasteiger partial charge in [-0.2, -0.15) is 0 Å². The third kappa shape index (κ3) is 3.73. The number of nitrogens with one attached hydrogen (secondary N) is 1. The summed E-state index contributed by atoms with van der Waals surface area (Å²) >= 11 is 4.57. The van der Waals surface area contributed by atoms with Gasteiger partial charge in [0.2, 0.25) is 0 Å². The molecule has 3 atom stereocenters. The third-order valence-corrected chi connectivity index (χ3v) is 7.78. The fraction of sp³-hybridized carbons (Fsp3) is 0.409. The van der Waals surface area contributed by atoms with E-state index in [1.807, 2.05) is 20.2 Å². The van der Waals surface area contributed by atoms with E-state index in [1.54, 1.807) is 24.3 Å². The van der Waals surface area contributed by atoms with Gasteiger partial charge < -0.3 is 20.2 Å². The number of hydrogen-bond donors (Lipinski definition) is 2. The lowest BCUT2D eigenvalue weighted by Gasteiger charge is -2.37. The number of aryl methyl sites for hydroxylation is 1. The number of nitrogens with zero attached hydrogens (tertiary/aromatic N) is 3. The molecule has 0 spiro atoms. The van der Waals surface area contributed by atoms with Crippen molar-refractivity contribution in [2.45, 2.75) is 30.5 Å². The summed E-state index contributed by atoms with van der Waals surface area (Å²) in [5, 5.41) is 13.9.